The monoisotopic (exact) mass is 437 g/mol. The molecule has 0 saturated carbocycles. The van der Waals surface area contributed by atoms with Gasteiger partial charge < -0.3 is 4.98 Å². The Bertz CT molecular complexity index is 1610. The molecule has 32 heavy (non-hydrogen) atoms. The number of fused-ring (bicyclic) bond motifs is 2. The summed E-state index contributed by atoms with van der Waals surface area (Å²) in [4.78, 5) is 34.7. The third-order valence-electron chi connectivity index (χ3n) is 5.22. The van der Waals surface area contributed by atoms with E-state index in [1.54, 1.807) is 31.7 Å². The third-order valence-corrected chi connectivity index (χ3v) is 6.42. The van der Waals surface area contributed by atoms with Crippen molar-refractivity contribution in [1.29, 1.82) is 0 Å². The van der Waals surface area contributed by atoms with Crippen LogP contribution in [0.2, 0.25) is 0 Å². The summed E-state index contributed by atoms with van der Waals surface area (Å²) >= 11 is 1.44. The van der Waals surface area contributed by atoms with Crippen LogP contribution in [0, 0.1) is 0 Å². The van der Waals surface area contributed by atoms with Crippen LogP contribution in [0.5, 0.6) is 0 Å². The molecule has 0 bridgehead atoms. The maximum absolute atomic E-state index is 11.7. The highest BCUT2D eigenvalue weighted by Crippen LogP contribution is 2.35. The summed E-state index contributed by atoms with van der Waals surface area (Å²) in [5.74, 6) is 0.0520. The van der Waals surface area contributed by atoms with Gasteiger partial charge >= 0.3 is 0 Å². The van der Waals surface area contributed by atoms with E-state index < -0.39 is 0 Å². The lowest BCUT2D eigenvalue weighted by atomic mass is 10.2. The topological polar surface area (TPSA) is 113 Å². The van der Waals surface area contributed by atoms with Crippen molar-refractivity contribution in [3.8, 4) is 33.3 Å². The first-order chi connectivity index (χ1) is 15.7. The van der Waals surface area contributed by atoms with E-state index in [1.165, 1.54) is 11.3 Å². The molecule has 0 aromatic carbocycles. The number of pyridine rings is 2. The predicted octanol–water partition coefficient (Wildman–Crippen LogP) is 4.89. The van der Waals surface area contributed by atoms with E-state index in [-0.39, 0.29) is 5.78 Å². The Morgan fingerprint density at radius 3 is 2.69 bits per heavy atom. The summed E-state index contributed by atoms with van der Waals surface area (Å²) in [5, 5.41) is 8.52. The number of aromatic amines is 2. The van der Waals surface area contributed by atoms with Crippen molar-refractivity contribution >= 4 is 39.1 Å². The van der Waals surface area contributed by atoms with Crippen LogP contribution in [-0.4, -0.2) is 40.9 Å². The van der Waals surface area contributed by atoms with Gasteiger partial charge in [-0.1, -0.05) is 0 Å². The second-order valence-electron chi connectivity index (χ2n) is 7.28. The number of carbonyl (C=O) groups is 1. The smallest absolute Gasteiger partial charge is 0.169 e. The molecule has 8 nitrogen and oxygen atoms in total. The van der Waals surface area contributed by atoms with E-state index in [0.717, 1.165) is 43.9 Å². The molecular weight excluding hydrogens is 422 g/mol. The number of nitrogens with zero attached hydrogens (tertiary/aromatic N) is 5. The Balaban J connectivity index is 1.49. The minimum Gasteiger partial charge on any atom is -0.353 e. The van der Waals surface area contributed by atoms with E-state index in [0.29, 0.717) is 16.3 Å². The Labute approximate surface area is 185 Å². The van der Waals surface area contributed by atoms with E-state index in [4.69, 9.17) is 4.98 Å². The molecule has 0 aliphatic rings. The van der Waals surface area contributed by atoms with Gasteiger partial charge in [-0.05, 0) is 43.3 Å². The van der Waals surface area contributed by atoms with Crippen LogP contribution in [-0.2, 0) is 0 Å². The minimum absolute atomic E-state index is 0.0520. The summed E-state index contributed by atoms with van der Waals surface area (Å²) < 4.78 is 0. The van der Waals surface area contributed by atoms with Crippen LogP contribution in [0.15, 0.2) is 61.2 Å². The zero-order valence-electron chi connectivity index (χ0n) is 16.8. The summed E-state index contributed by atoms with van der Waals surface area (Å²) in [5.41, 5.74) is 6.29. The highest BCUT2D eigenvalue weighted by atomic mass is 32.1. The summed E-state index contributed by atoms with van der Waals surface area (Å²) in [7, 11) is 0. The number of Topliss-reactive ketones (excluding diaryl/α,β-unsaturated/α-hetero) is 1. The minimum atomic E-state index is 0.0520. The number of H-pyrrole nitrogens is 2. The molecule has 6 rings (SSSR count). The van der Waals surface area contributed by atoms with E-state index in [2.05, 4.69) is 30.1 Å². The van der Waals surface area contributed by atoms with Gasteiger partial charge in [0.2, 0.25) is 0 Å². The molecule has 154 valence electrons. The van der Waals surface area contributed by atoms with Crippen molar-refractivity contribution in [2.75, 3.05) is 0 Å². The average molecular weight is 437 g/mol. The van der Waals surface area contributed by atoms with Gasteiger partial charge in [0.05, 0.1) is 38.5 Å². The number of ketones is 1. The van der Waals surface area contributed by atoms with Gasteiger partial charge in [-0.25, -0.2) is 4.98 Å². The lowest BCUT2D eigenvalue weighted by Gasteiger charge is -1.99. The molecule has 2 N–H and O–H groups in total. The van der Waals surface area contributed by atoms with Gasteiger partial charge in [-0.2, -0.15) is 5.10 Å². The first-order valence-electron chi connectivity index (χ1n) is 9.88. The highest BCUT2D eigenvalue weighted by Gasteiger charge is 2.17. The van der Waals surface area contributed by atoms with Crippen LogP contribution in [0.3, 0.4) is 0 Å². The third kappa shape index (κ3) is 2.98. The fourth-order valence-electron chi connectivity index (χ4n) is 3.69. The lowest BCUT2D eigenvalue weighted by Crippen LogP contribution is -1.89. The summed E-state index contributed by atoms with van der Waals surface area (Å²) in [6.45, 7) is 1.57. The Morgan fingerprint density at radius 2 is 1.88 bits per heavy atom. The fraction of sp³-hybridized carbons (Fsp3) is 0.0435. The van der Waals surface area contributed by atoms with Crippen LogP contribution in [0.25, 0.3) is 55.3 Å². The molecule has 0 unspecified atom stereocenters. The standard InChI is InChI=1S/C23H15N7OS/c1-12(31)19-4-5-20(32-19)21-13-10-17(27-14(13)6-7-26-21)23-22-16(29-30-23)3-2-15(28-22)18-11-24-8-9-25-18/h2-11,27H,1H3,(H,29,30). The number of hydrogen-bond acceptors (Lipinski definition) is 7. The summed E-state index contributed by atoms with van der Waals surface area (Å²) in [6, 6.07) is 11.6. The molecule has 0 fully saturated rings. The Morgan fingerprint density at radius 1 is 0.938 bits per heavy atom. The normalized spacial score (nSPS) is 11.4. The molecule has 0 radical (unpaired) electrons. The maximum atomic E-state index is 11.7. The quantitative estimate of drug-likeness (QED) is 0.380. The maximum Gasteiger partial charge on any atom is 0.169 e. The van der Waals surface area contributed by atoms with Gasteiger partial charge in [0.15, 0.2) is 5.78 Å². The molecule has 0 spiro atoms. The number of thiophene rings is 1. The zero-order valence-corrected chi connectivity index (χ0v) is 17.6. The van der Waals surface area contributed by atoms with Crippen molar-refractivity contribution in [3.05, 3.63) is 66.1 Å². The van der Waals surface area contributed by atoms with Crippen molar-refractivity contribution in [3.63, 3.8) is 0 Å². The largest absolute Gasteiger partial charge is 0.353 e. The first-order valence-corrected chi connectivity index (χ1v) is 10.7. The van der Waals surface area contributed by atoms with Crippen molar-refractivity contribution < 1.29 is 4.79 Å². The van der Waals surface area contributed by atoms with Crippen LogP contribution in [0.1, 0.15) is 16.6 Å². The van der Waals surface area contributed by atoms with E-state index >= 15 is 0 Å². The van der Waals surface area contributed by atoms with E-state index in [1.807, 2.05) is 36.4 Å². The molecular formula is C23H15N7OS. The van der Waals surface area contributed by atoms with Crippen LogP contribution < -0.4 is 0 Å². The van der Waals surface area contributed by atoms with Crippen LogP contribution >= 0.6 is 11.3 Å². The SMILES string of the molecule is CC(=O)c1ccc(-c2nccc3[nH]c(-c4n[nH]c5ccc(-c6cnccn6)nc45)cc23)s1. The molecule has 0 aliphatic heterocycles. The molecule has 9 heteroatoms. The zero-order chi connectivity index (χ0) is 21.7. The van der Waals surface area contributed by atoms with E-state index in [9.17, 15) is 4.79 Å². The number of nitrogens with one attached hydrogen (secondary N) is 2. The molecule has 0 saturated heterocycles. The fourth-order valence-corrected chi connectivity index (χ4v) is 4.61. The van der Waals surface area contributed by atoms with Gasteiger partial charge in [-0.3, -0.25) is 24.8 Å². The molecule has 0 amide bonds. The number of carbonyl (C=O) groups excluding carboxylic acids is 1. The van der Waals surface area contributed by atoms with Gasteiger partial charge in [0.25, 0.3) is 0 Å². The Kier molecular flexibility index (Phi) is 4.15. The molecule has 0 aliphatic carbocycles. The first kappa shape index (κ1) is 18.5. The predicted molar refractivity (Wildman–Crippen MR) is 123 cm³/mol. The molecule has 6 aromatic rings. The number of aromatic nitrogens is 7. The van der Waals surface area contributed by atoms with Gasteiger partial charge in [0.1, 0.15) is 16.9 Å². The molecule has 0 atom stereocenters. The second kappa shape index (κ2) is 7.17. The lowest BCUT2D eigenvalue weighted by molar-refractivity contribution is 0.102. The van der Waals surface area contributed by atoms with Crippen molar-refractivity contribution in [2.24, 2.45) is 0 Å². The molecule has 6 heterocycles. The van der Waals surface area contributed by atoms with Crippen LogP contribution in [0.4, 0.5) is 0 Å². The second-order valence-corrected chi connectivity index (χ2v) is 8.36. The summed E-state index contributed by atoms with van der Waals surface area (Å²) in [6.07, 6.45) is 6.73. The van der Waals surface area contributed by atoms with Gasteiger partial charge in [0, 0.05) is 29.5 Å². The van der Waals surface area contributed by atoms with Gasteiger partial charge in [-0.15, -0.1) is 11.3 Å². The molecule has 6 aromatic heterocycles. The van der Waals surface area contributed by atoms with Crippen molar-refractivity contribution in [1.82, 2.24) is 35.1 Å². The Hall–Kier alpha value is -4.24. The highest BCUT2D eigenvalue weighted by molar-refractivity contribution is 7.17. The number of hydrogen-bond donors (Lipinski definition) is 2. The average Bonchev–Trinajstić information content (AvgIpc) is 3.56. The number of rotatable bonds is 4. The van der Waals surface area contributed by atoms with Crippen molar-refractivity contribution in [2.45, 2.75) is 6.92 Å².